The number of aromatic nitrogens is 2. The Morgan fingerprint density at radius 3 is 2.21 bits per heavy atom. The van der Waals surface area contributed by atoms with Crippen molar-refractivity contribution >= 4 is 27.9 Å². The molecule has 0 radical (unpaired) electrons. The molecule has 43 heavy (non-hydrogen) atoms. The number of benzene rings is 4. The molecule has 0 N–H and O–H groups in total. The molecule has 0 saturated carbocycles. The molecular weight excluding hydrogens is 520 g/mol. The topological polar surface area (TPSA) is 17.8 Å². The van der Waals surface area contributed by atoms with E-state index in [4.69, 9.17) is 4.98 Å². The van der Waals surface area contributed by atoms with Crippen molar-refractivity contribution in [1.82, 2.24) is 9.55 Å². The molecule has 1 atom stereocenters. The molecule has 0 amide bonds. The lowest BCUT2D eigenvalue weighted by molar-refractivity contribution is 0.792. The van der Waals surface area contributed by atoms with Gasteiger partial charge in [-0.05, 0) is 86.9 Å². The molecule has 3 aliphatic rings. The standard InChI is InChI=1S/C41H34N2/c1-2-39-42-37-18-10-11-19-38(37)43(39)32-26-24-31(25-27-32)41-35-16-8-6-14-33(35)40(34-15-7-9-17-36(34)41)30-22-20-29(21-23-30)28-12-4-3-5-13-28/h3-14,16-24,26,34H,2,15,25,27H2,1H3. The Kier molecular flexibility index (Phi) is 6.41. The minimum atomic E-state index is 0.341. The van der Waals surface area contributed by atoms with Crippen molar-refractivity contribution < 1.29 is 0 Å². The van der Waals surface area contributed by atoms with Crippen LogP contribution in [0.1, 0.15) is 37.6 Å². The number of aryl methyl sites for hydroxylation is 1. The van der Waals surface area contributed by atoms with Crippen molar-refractivity contribution in [2.24, 2.45) is 5.92 Å². The van der Waals surface area contributed by atoms with Crippen molar-refractivity contribution in [1.29, 1.82) is 0 Å². The maximum atomic E-state index is 4.94. The van der Waals surface area contributed by atoms with Gasteiger partial charge in [0.2, 0.25) is 0 Å². The highest BCUT2D eigenvalue weighted by atomic mass is 15.1. The molecule has 0 aliphatic heterocycles. The van der Waals surface area contributed by atoms with Crippen LogP contribution in [0.3, 0.4) is 0 Å². The SMILES string of the molecule is CCc1nc2ccccc2n1C1=CC=C(C2=c3ccccc3=C(c3ccc(-c4ccccc4)cc3)C3CC=CC=C23)CC1. The molecule has 0 spiro atoms. The number of rotatable bonds is 5. The summed E-state index contributed by atoms with van der Waals surface area (Å²) >= 11 is 0. The zero-order chi connectivity index (χ0) is 28.8. The summed E-state index contributed by atoms with van der Waals surface area (Å²) in [5.74, 6) is 1.48. The largest absolute Gasteiger partial charge is 0.300 e. The van der Waals surface area contributed by atoms with Crippen molar-refractivity contribution in [3.05, 3.63) is 166 Å². The monoisotopic (exact) mass is 554 g/mol. The highest BCUT2D eigenvalue weighted by Crippen LogP contribution is 2.43. The van der Waals surface area contributed by atoms with Gasteiger partial charge in [-0.1, -0.05) is 122 Å². The first-order valence-electron chi connectivity index (χ1n) is 15.5. The molecule has 1 heterocycles. The van der Waals surface area contributed by atoms with E-state index in [1.165, 1.54) is 60.6 Å². The second kappa shape index (κ2) is 10.7. The summed E-state index contributed by atoms with van der Waals surface area (Å²) in [6.07, 6.45) is 15.6. The van der Waals surface area contributed by atoms with Crippen LogP contribution in [0.4, 0.5) is 0 Å². The summed E-state index contributed by atoms with van der Waals surface area (Å²) in [5, 5.41) is 2.72. The van der Waals surface area contributed by atoms with E-state index in [0.29, 0.717) is 5.92 Å². The minimum absolute atomic E-state index is 0.341. The number of para-hydroxylation sites is 2. The van der Waals surface area contributed by atoms with Crippen LogP contribution >= 0.6 is 0 Å². The predicted molar refractivity (Wildman–Crippen MR) is 180 cm³/mol. The Labute approximate surface area is 253 Å². The summed E-state index contributed by atoms with van der Waals surface area (Å²) in [6, 6.07) is 37.4. The molecule has 0 saturated heterocycles. The normalized spacial score (nSPS) is 17.7. The van der Waals surface area contributed by atoms with Crippen molar-refractivity contribution in [3.8, 4) is 11.1 Å². The fourth-order valence-electron chi connectivity index (χ4n) is 7.28. The van der Waals surface area contributed by atoms with Gasteiger partial charge in [0.05, 0.1) is 11.0 Å². The van der Waals surface area contributed by atoms with Crippen molar-refractivity contribution in [3.63, 3.8) is 0 Å². The Morgan fingerprint density at radius 2 is 1.42 bits per heavy atom. The molecule has 0 fully saturated rings. The molecule has 3 aliphatic carbocycles. The zero-order valence-corrected chi connectivity index (χ0v) is 24.5. The fourth-order valence-corrected chi connectivity index (χ4v) is 7.28. The van der Waals surface area contributed by atoms with E-state index in [-0.39, 0.29) is 0 Å². The van der Waals surface area contributed by atoms with E-state index >= 15 is 0 Å². The maximum Gasteiger partial charge on any atom is 0.113 e. The zero-order valence-electron chi connectivity index (χ0n) is 24.5. The van der Waals surface area contributed by atoms with Crippen LogP contribution < -0.4 is 10.4 Å². The van der Waals surface area contributed by atoms with Crippen LogP contribution in [-0.4, -0.2) is 9.55 Å². The van der Waals surface area contributed by atoms with E-state index in [1.807, 2.05) is 0 Å². The summed E-state index contributed by atoms with van der Waals surface area (Å²) in [4.78, 5) is 4.94. The van der Waals surface area contributed by atoms with Crippen molar-refractivity contribution in [2.75, 3.05) is 0 Å². The first-order valence-corrected chi connectivity index (χ1v) is 15.5. The van der Waals surface area contributed by atoms with Gasteiger partial charge in [0.25, 0.3) is 0 Å². The van der Waals surface area contributed by atoms with Crippen LogP contribution in [0.2, 0.25) is 0 Å². The number of hydrogen-bond donors (Lipinski definition) is 0. The van der Waals surface area contributed by atoms with Gasteiger partial charge < -0.3 is 4.57 Å². The average Bonchev–Trinajstić information content (AvgIpc) is 3.47. The Bertz CT molecular complexity index is 2120. The summed E-state index contributed by atoms with van der Waals surface area (Å²) in [7, 11) is 0. The van der Waals surface area contributed by atoms with Gasteiger partial charge in [-0.15, -0.1) is 0 Å². The molecule has 5 aromatic rings. The molecule has 208 valence electrons. The van der Waals surface area contributed by atoms with E-state index in [9.17, 15) is 0 Å². The lowest BCUT2D eigenvalue weighted by atomic mass is 9.71. The average molecular weight is 555 g/mol. The summed E-state index contributed by atoms with van der Waals surface area (Å²) in [6.45, 7) is 2.20. The van der Waals surface area contributed by atoms with Gasteiger partial charge in [-0.25, -0.2) is 4.98 Å². The maximum absolute atomic E-state index is 4.94. The molecule has 2 nitrogen and oxygen atoms in total. The third-order valence-corrected chi connectivity index (χ3v) is 9.27. The molecule has 1 aromatic heterocycles. The number of nitrogens with zero attached hydrogens (tertiary/aromatic N) is 2. The smallest absolute Gasteiger partial charge is 0.113 e. The molecule has 2 heteroatoms. The predicted octanol–water partition coefficient (Wildman–Crippen LogP) is 8.39. The number of imidazole rings is 1. The highest BCUT2D eigenvalue weighted by Gasteiger charge is 2.30. The Balaban J connectivity index is 1.28. The van der Waals surface area contributed by atoms with E-state index in [2.05, 4.69) is 145 Å². The number of allylic oxidation sites excluding steroid dienone is 8. The van der Waals surface area contributed by atoms with Gasteiger partial charge in [0, 0.05) is 18.0 Å². The van der Waals surface area contributed by atoms with Gasteiger partial charge in [-0.3, -0.25) is 0 Å². The number of hydrogen-bond acceptors (Lipinski definition) is 1. The minimum Gasteiger partial charge on any atom is -0.300 e. The van der Waals surface area contributed by atoms with E-state index in [1.54, 1.807) is 0 Å². The second-order valence-corrected chi connectivity index (χ2v) is 11.7. The Hall–Kier alpha value is -4.95. The van der Waals surface area contributed by atoms with Gasteiger partial charge in [0.15, 0.2) is 0 Å². The number of fused-ring (bicyclic) bond motifs is 3. The summed E-state index contributed by atoms with van der Waals surface area (Å²) in [5.41, 5.74) is 13.2. The van der Waals surface area contributed by atoms with Gasteiger partial charge in [-0.2, -0.15) is 0 Å². The van der Waals surface area contributed by atoms with E-state index in [0.717, 1.165) is 37.0 Å². The lowest BCUT2D eigenvalue weighted by Gasteiger charge is -2.32. The summed E-state index contributed by atoms with van der Waals surface area (Å²) < 4.78 is 2.39. The second-order valence-electron chi connectivity index (χ2n) is 11.7. The third-order valence-electron chi connectivity index (χ3n) is 9.27. The van der Waals surface area contributed by atoms with Crippen LogP contribution in [-0.2, 0) is 6.42 Å². The third kappa shape index (κ3) is 4.37. The fraction of sp³-hybridized carbons (Fsp3) is 0.146. The van der Waals surface area contributed by atoms with Crippen LogP contribution in [0, 0.1) is 5.92 Å². The quantitative estimate of drug-likeness (QED) is 0.213. The van der Waals surface area contributed by atoms with Gasteiger partial charge in [0.1, 0.15) is 5.82 Å². The molecule has 8 rings (SSSR count). The van der Waals surface area contributed by atoms with Crippen LogP contribution in [0.5, 0.6) is 0 Å². The molecule has 1 unspecified atom stereocenters. The molecule has 4 aromatic carbocycles. The first kappa shape index (κ1) is 25.7. The van der Waals surface area contributed by atoms with Crippen LogP contribution in [0.25, 0.3) is 39.0 Å². The first-order chi connectivity index (χ1) is 21.3. The lowest BCUT2D eigenvalue weighted by Crippen LogP contribution is -2.38. The Morgan fingerprint density at radius 1 is 0.698 bits per heavy atom. The van der Waals surface area contributed by atoms with E-state index < -0.39 is 0 Å². The van der Waals surface area contributed by atoms with Gasteiger partial charge >= 0.3 is 0 Å². The molecule has 0 bridgehead atoms. The molecular formula is C41H34N2. The van der Waals surface area contributed by atoms with Crippen molar-refractivity contribution in [2.45, 2.75) is 32.6 Å². The van der Waals surface area contributed by atoms with Crippen LogP contribution in [0.15, 0.2) is 145 Å². The highest BCUT2D eigenvalue weighted by molar-refractivity contribution is 5.90.